The molecule has 1 aromatic carbocycles. The molecule has 1 rings (SSSR count). The number of hydrogen-bond acceptors (Lipinski definition) is 3. The zero-order chi connectivity index (χ0) is 10.6. The van der Waals surface area contributed by atoms with Gasteiger partial charge in [-0.15, -0.1) is 0 Å². The van der Waals surface area contributed by atoms with Crippen LogP contribution < -0.4 is 0 Å². The maximum atomic E-state index is 10.6. The average molecular weight is 194 g/mol. The predicted octanol–water partition coefficient (Wildman–Crippen LogP) is 2.42. The van der Waals surface area contributed by atoms with E-state index < -0.39 is 11.6 Å². The zero-order valence-electron chi connectivity index (χ0n) is 8.61. The molecule has 1 aromatic rings. The van der Waals surface area contributed by atoms with Crippen molar-refractivity contribution < 1.29 is 14.6 Å². The van der Waals surface area contributed by atoms with Crippen LogP contribution in [0.25, 0.3) is 0 Å². The van der Waals surface area contributed by atoms with Crippen molar-refractivity contribution in [2.45, 2.75) is 26.4 Å². The normalized spacial score (nSPS) is 11.1. The van der Waals surface area contributed by atoms with E-state index in [2.05, 4.69) is 4.89 Å². The number of rotatable bonds is 3. The Morgan fingerprint density at radius 2 is 1.79 bits per heavy atom. The lowest BCUT2D eigenvalue weighted by molar-refractivity contribution is -0.328. The lowest BCUT2D eigenvalue weighted by atomic mass is 9.99. The highest BCUT2D eigenvalue weighted by atomic mass is 17.2. The summed E-state index contributed by atoms with van der Waals surface area (Å²) in [6.45, 7) is 4.98. The minimum atomic E-state index is -0.618. The first-order valence-electron chi connectivity index (χ1n) is 4.44. The molecular formula is C11H14O3. The first kappa shape index (κ1) is 10.7. The lowest BCUT2D eigenvalue weighted by Gasteiger charge is -2.22. The summed E-state index contributed by atoms with van der Waals surface area (Å²) in [7, 11) is 0. The molecule has 3 heteroatoms. The summed E-state index contributed by atoms with van der Waals surface area (Å²) in [6, 6.07) is 9.58. The van der Waals surface area contributed by atoms with Gasteiger partial charge in [-0.3, -0.25) is 4.89 Å². The van der Waals surface area contributed by atoms with E-state index in [1.165, 1.54) is 6.92 Å². The van der Waals surface area contributed by atoms with Crippen LogP contribution in [0, 0.1) is 0 Å². The van der Waals surface area contributed by atoms with Crippen LogP contribution in [-0.4, -0.2) is 5.97 Å². The molecule has 0 aliphatic heterocycles. The number of carbonyl (C=O) groups is 1. The standard InChI is InChI=1S/C11H14O3/c1-9(12)13-14-11(2,3)10-7-5-4-6-8-10/h4-8H,1-3H3. The Bertz CT molecular complexity index is 304. The van der Waals surface area contributed by atoms with Gasteiger partial charge in [0.15, 0.2) is 0 Å². The summed E-state index contributed by atoms with van der Waals surface area (Å²) in [6.07, 6.45) is 0. The third-order valence-corrected chi connectivity index (χ3v) is 1.84. The van der Waals surface area contributed by atoms with Crippen molar-refractivity contribution in [1.29, 1.82) is 0 Å². The highest BCUT2D eigenvalue weighted by molar-refractivity contribution is 5.65. The van der Waals surface area contributed by atoms with Gasteiger partial charge in [-0.05, 0) is 19.4 Å². The molecule has 0 saturated heterocycles. The minimum absolute atomic E-state index is 0.450. The van der Waals surface area contributed by atoms with Crippen molar-refractivity contribution in [3.63, 3.8) is 0 Å². The van der Waals surface area contributed by atoms with E-state index in [1.807, 2.05) is 44.2 Å². The fourth-order valence-electron chi connectivity index (χ4n) is 1.05. The second-order valence-corrected chi connectivity index (χ2v) is 3.53. The Balaban J connectivity index is 2.70. The van der Waals surface area contributed by atoms with Crippen LogP contribution in [0.2, 0.25) is 0 Å². The molecule has 0 fully saturated rings. The largest absolute Gasteiger partial charge is 0.339 e. The van der Waals surface area contributed by atoms with E-state index >= 15 is 0 Å². The van der Waals surface area contributed by atoms with Gasteiger partial charge in [0.2, 0.25) is 0 Å². The fourth-order valence-corrected chi connectivity index (χ4v) is 1.05. The van der Waals surface area contributed by atoms with Crippen LogP contribution in [0.1, 0.15) is 26.3 Å². The van der Waals surface area contributed by atoms with E-state index in [4.69, 9.17) is 4.89 Å². The molecule has 76 valence electrons. The second kappa shape index (κ2) is 4.24. The van der Waals surface area contributed by atoms with Gasteiger partial charge in [0.05, 0.1) is 0 Å². The van der Waals surface area contributed by atoms with Crippen molar-refractivity contribution in [1.82, 2.24) is 0 Å². The van der Waals surface area contributed by atoms with Crippen molar-refractivity contribution in [3.8, 4) is 0 Å². The van der Waals surface area contributed by atoms with Crippen molar-refractivity contribution in [3.05, 3.63) is 35.9 Å². The highest BCUT2D eigenvalue weighted by Gasteiger charge is 2.23. The number of carbonyl (C=O) groups excluding carboxylic acids is 1. The average Bonchev–Trinajstić information content (AvgIpc) is 2.16. The third kappa shape index (κ3) is 2.85. The van der Waals surface area contributed by atoms with E-state index in [1.54, 1.807) is 0 Å². The van der Waals surface area contributed by atoms with Gasteiger partial charge in [-0.1, -0.05) is 30.3 Å². The van der Waals surface area contributed by atoms with E-state index in [-0.39, 0.29) is 0 Å². The molecule has 0 amide bonds. The Hall–Kier alpha value is -1.35. The molecule has 0 aliphatic carbocycles. The lowest BCUT2D eigenvalue weighted by Crippen LogP contribution is -2.22. The Kier molecular flexibility index (Phi) is 3.25. The molecule has 0 aromatic heterocycles. The van der Waals surface area contributed by atoms with Crippen LogP contribution in [0.3, 0.4) is 0 Å². The summed E-state index contributed by atoms with van der Waals surface area (Å²) in [5.41, 5.74) is 0.341. The molecule has 0 N–H and O–H groups in total. The summed E-state index contributed by atoms with van der Waals surface area (Å²) in [5, 5.41) is 0. The monoisotopic (exact) mass is 194 g/mol. The molecule has 0 atom stereocenters. The van der Waals surface area contributed by atoms with E-state index in [0.29, 0.717) is 0 Å². The van der Waals surface area contributed by atoms with Crippen LogP contribution in [0.15, 0.2) is 30.3 Å². The first-order chi connectivity index (χ1) is 6.52. The summed E-state index contributed by atoms with van der Waals surface area (Å²) in [5.74, 6) is -0.450. The molecule has 0 radical (unpaired) electrons. The second-order valence-electron chi connectivity index (χ2n) is 3.53. The molecule has 14 heavy (non-hydrogen) atoms. The number of hydrogen-bond donors (Lipinski definition) is 0. The summed E-state index contributed by atoms with van der Waals surface area (Å²) >= 11 is 0. The van der Waals surface area contributed by atoms with Crippen molar-refractivity contribution in [2.75, 3.05) is 0 Å². The molecule has 0 saturated carbocycles. The molecule has 0 bridgehead atoms. The maximum Gasteiger partial charge on any atom is 0.339 e. The Labute approximate surface area is 83.6 Å². The minimum Gasteiger partial charge on any atom is -0.298 e. The third-order valence-electron chi connectivity index (χ3n) is 1.84. The van der Waals surface area contributed by atoms with Gasteiger partial charge < -0.3 is 0 Å². The summed E-state index contributed by atoms with van der Waals surface area (Å²) < 4.78 is 0. The SMILES string of the molecule is CC(=O)OOC(C)(C)c1ccccc1. The number of benzene rings is 1. The van der Waals surface area contributed by atoms with E-state index in [9.17, 15) is 4.79 Å². The summed E-state index contributed by atoms with van der Waals surface area (Å²) in [4.78, 5) is 20.1. The predicted molar refractivity (Wildman–Crippen MR) is 52.3 cm³/mol. The van der Waals surface area contributed by atoms with Gasteiger partial charge >= 0.3 is 5.97 Å². The van der Waals surface area contributed by atoms with Gasteiger partial charge in [-0.2, -0.15) is 4.89 Å². The molecule has 3 nitrogen and oxygen atoms in total. The zero-order valence-corrected chi connectivity index (χ0v) is 8.61. The first-order valence-corrected chi connectivity index (χ1v) is 4.44. The van der Waals surface area contributed by atoms with Crippen LogP contribution in [0.4, 0.5) is 0 Å². The Morgan fingerprint density at radius 3 is 2.29 bits per heavy atom. The molecule has 0 heterocycles. The smallest absolute Gasteiger partial charge is 0.298 e. The molecule has 0 spiro atoms. The molecular weight excluding hydrogens is 180 g/mol. The van der Waals surface area contributed by atoms with Crippen molar-refractivity contribution >= 4 is 5.97 Å². The van der Waals surface area contributed by atoms with Crippen LogP contribution in [0.5, 0.6) is 0 Å². The topological polar surface area (TPSA) is 35.5 Å². The van der Waals surface area contributed by atoms with Crippen LogP contribution in [-0.2, 0) is 20.2 Å². The maximum absolute atomic E-state index is 10.6. The fraction of sp³-hybridized carbons (Fsp3) is 0.364. The quantitative estimate of drug-likeness (QED) is 0.547. The van der Waals surface area contributed by atoms with Gasteiger partial charge in [-0.25, -0.2) is 4.79 Å². The van der Waals surface area contributed by atoms with Gasteiger partial charge in [0, 0.05) is 6.92 Å². The van der Waals surface area contributed by atoms with Gasteiger partial charge in [0.25, 0.3) is 0 Å². The van der Waals surface area contributed by atoms with E-state index in [0.717, 1.165) is 5.56 Å². The van der Waals surface area contributed by atoms with Crippen molar-refractivity contribution in [2.24, 2.45) is 0 Å². The van der Waals surface area contributed by atoms with Crippen LogP contribution >= 0.6 is 0 Å². The highest BCUT2D eigenvalue weighted by Crippen LogP contribution is 2.24. The van der Waals surface area contributed by atoms with Gasteiger partial charge in [0.1, 0.15) is 5.60 Å². The molecule has 0 unspecified atom stereocenters. The Morgan fingerprint density at radius 1 is 1.21 bits per heavy atom. The molecule has 0 aliphatic rings.